The average molecular weight is 235 g/mol. The van der Waals surface area contributed by atoms with E-state index in [0.29, 0.717) is 5.56 Å². The summed E-state index contributed by atoms with van der Waals surface area (Å²) >= 11 is 0. The molecule has 1 heterocycles. The lowest BCUT2D eigenvalue weighted by atomic mass is 10.2. The van der Waals surface area contributed by atoms with Gasteiger partial charge < -0.3 is 4.57 Å². The Bertz CT molecular complexity index is 605. The van der Waals surface area contributed by atoms with E-state index in [-0.39, 0.29) is 12.1 Å². The molecule has 0 radical (unpaired) electrons. The Balaban J connectivity index is 2.31. The molecule has 1 aromatic heterocycles. The third kappa shape index (κ3) is 2.58. The van der Waals surface area contributed by atoms with Crippen molar-refractivity contribution in [2.75, 3.05) is 0 Å². The van der Waals surface area contributed by atoms with Gasteiger partial charge in [0.05, 0.1) is 6.54 Å². The van der Waals surface area contributed by atoms with Gasteiger partial charge in [-0.3, -0.25) is 4.79 Å². The molecule has 0 aliphatic heterocycles. The van der Waals surface area contributed by atoms with E-state index in [9.17, 15) is 13.6 Å². The first kappa shape index (κ1) is 11.5. The summed E-state index contributed by atoms with van der Waals surface area (Å²) in [5.74, 6) is -1.78. The molecule has 0 aliphatic carbocycles. The molecule has 0 saturated carbocycles. The number of hydrogen-bond donors (Lipinski definition) is 0. The van der Waals surface area contributed by atoms with Gasteiger partial charge in [0.15, 0.2) is 11.6 Å². The third-order valence-electron chi connectivity index (χ3n) is 2.49. The van der Waals surface area contributed by atoms with E-state index in [1.165, 1.54) is 16.7 Å². The van der Waals surface area contributed by atoms with Gasteiger partial charge in [-0.05, 0) is 36.2 Å². The van der Waals surface area contributed by atoms with E-state index in [2.05, 4.69) is 0 Å². The second-order valence-corrected chi connectivity index (χ2v) is 3.92. The molecular formula is C13H11F2NO. The fraction of sp³-hybridized carbons (Fsp3) is 0.154. The van der Waals surface area contributed by atoms with Crippen LogP contribution in [0.3, 0.4) is 0 Å². The number of aryl methyl sites for hydroxylation is 1. The van der Waals surface area contributed by atoms with Gasteiger partial charge in [-0.25, -0.2) is 8.78 Å². The summed E-state index contributed by atoms with van der Waals surface area (Å²) in [7, 11) is 0. The minimum Gasteiger partial charge on any atom is -0.311 e. The van der Waals surface area contributed by atoms with E-state index in [0.717, 1.165) is 17.7 Å². The van der Waals surface area contributed by atoms with Crippen LogP contribution in [0.25, 0.3) is 0 Å². The minimum atomic E-state index is -0.900. The van der Waals surface area contributed by atoms with Crippen molar-refractivity contribution in [1.82, 2.24) is 4.57 Å². The van der Waals surface area contributed by atoms with Gasteiger partial charge in [0, 0.05) is 12.3 Å². The van der Waals surface area contributed by atoms with Gasteiger partial charge in [0.2, 0.25) is 0 Å². The molecule has 0 bridgehead atoms. The quantitative estimate of drug-likeness (QED) is 0.783. The van der Waals surface area contributed by atoms with Gasteiger partial charge in [-0.1, -0.05) is 6.07 Å². The Morgan fingerprint density at radius 2 is 1.88 bits per heavy atom. The summed E-state index contributed by atoms with van der Waals surface area (Å²) in [6, 6.07) is 6.91. The predicted octanol–water partition coefficient (Wildman–Crippen LogP) is 2.48. The molecule has 4 heteroatoms. The van der Waals surface area contributed by atoms with E-state index >= 15 is 0 Å². The van der Waals surface area contributed by atoms with Crippen molar-refractivity contribution in [3.63, 3.8) is 0 Å². The molecule has 0 unspecified atom stereocenters. The number of pyridine rings is 1. The standard InChI is InChI=1S/C13H11F2NO/c1-9-4-5-16(13(17)6-9)8-10-2-3-11(14)12(15)7-10/h2-7H,8H2,1H3. The minimum absolute atomic E-state index is 0.158. The highest BCUT2D eigenvalue weighted by Gasteiger charge is 2.03. The van der Waals surface area contributed by atoms with Crippen molar-refractivity contribution < 1.29 is 8.78 Å². The summed E-state index contributed by atoms with van der Waals surface area (Å²) in [6.07, 6.45) is 1.64. The second-order valence-electron chi connectivity index (χ2n) is 3.92. The summed E-state index contributed by atoms with van der Waals surface area (Å²) in [4.78, 5) is 11.6. The molecule has 0 aliphatic rings. The van der Waals surface area contributed by atoms with Crippen molar-refractivity contribution in [2.24, 2.45) is 0 Å². The molecule has 2 aromatic rings. The van der Waals surface area contributed by atoms with Crippen LogP contribution in [-0.2, 0) is 6.54 Å². The second kappa shape index (κ2) is 4.49. The summed E-state index contributed by atoms with van der Waals surface area (Å²) in [6.45, 7) is 2.06. The monoisotopic (exact) mass is 235 g/mol. The Morgan fingerprint density at radius 3 is 2.53 bits per heavy atom. The average Bonchev–Trinajstić information content (AvgIpc) is 2.27. The first-order valence-electron chi connectivity index (χ1n) is 5.17. The molecular weight excluding hydrogens is 224 g/mol. The van der Waals surface area contributed by atoms with E-state index < -0.39 is 11.6 Å². The molecule has 0 amide bonds. The summed E-state index contributed by atoms with van der Waals surface area (Å²) < 4.78 is 27.2. The molecule has 0 spiro atoms. The van der Waals surface area contributed by atoms with Crippen LogP contribution in [0.2, 0.25) is 0 Å². The van der Waals surface area contributed by atoms with Crippen LogP contribution in [0.1, 0.15) is 11.1 Å². The van der Waals surface area contributed by atoms with E-state index in [4.69, 9.17) is 0 Å². The van der Waals surface area contributed by atoms with E-state index in [1.807, 2.05) is 6.92 Å². The van der Waals surface area contributed by atoms with Crippen LogP contribution in [0.5, 0.6) is 0 Å². The number of benzene rings is 1. The number of rotatable bonds is 2. The van der Waals surface area contributed by atoms with Crippen molar-refractivity contribution in [3.8, 4) is 0 Å². The van der Waals surface area contributed by atoms with Gasteiger partial charge in [-0.2, -0.15) is 0 Å². The Morgan fingerprint density at radius 1 is 1.12 bits per heavy atom. The Hall–Kier alpha value is -1.97. The Kier molecular flexibility index (Phi) is 3.04. The van der Waals surface area contributed by atoms with Crippen molar-refractivity contribution in [2.45, 2.75) is 13.5 Å². The molecule has 0 N–H and O–H groups in total. The van der Waals surface area contributed by atoms with Gasteiger partial charge in [0.1, 0.15) is 0 Å². The van der Waals surface area contributed by atoms with Crippen LogP contribution in [0.4, 0.5) is 8.78 Å². The molecule has 88 valence electrons. The molecule has 0 saturated heterocycles. The van der Waals surface area contributed by atoms with Crippen molar-refractivity contribution in [1.29, 1.82) is 0 Å². The summed E-state index contributed by atoms with van der Waals surface area (Å²) in [5, 5.41) is 0. The molecule has 2 rings (SSSR count). The number of halogens is 2. The highest BCUT2D eigenvalue weighted by Crippen LogP contribution is 2.09. The van der Waals surface area contributed by atoms with E-state index in [1.54, 1.807) is 12.3 Å². The first-order valence-corrected chi connectivity index (χ1v) is 5.17. The fourth-order valence-electron chi connectivity index (χ4n) is 1.57. The Labute approximate surface area is 97.1 Å². The van der Waals surface area contributed by atoms with Gasteiger partial charge in [0.25, 0.3) is 5.56 Å². The highest BCUT2D eigenvalue weighted by molar-refractivity contribution is 5.19. The van der Waals surface area contributed by atoms with Crippen molar-refractivity contribution >= 4 is 0 Å². The lowest BCUT2D eigenvalue weighted by Gasteiger charge is -2.06. The zero-order chi connectivity index (χ0) is 12.4. The fourth-order valence-corrected chi connectivity index (χ4v) is 1.57. The van der Waals surface area contributed by atoms with Crippen LogP contribution in [-0.4, -0.2) is 4.57 Å². The zero-order valence-electron chi connectivity index (χ0n) is 9.28. The topological polar surface area (TPSA) is 22.0 Å². The molecule has 17 heavy (non-hydrogen) atoms. The lowest BCUT2D eigenvalue weighted by molar-refractivity contribution is 0.506. The first-order chi connectivity index (χ1) is 8.06. The normalized spacial score (nSPS) is 10.5. The molecule has 0 fully saturated rings. The molecule has 0 atom stereocenters. The maximum Gasteiger partial charge on any atom is 0.251 e. The number of aromatic nitrogens is 1. The SMILES string of the molecule is Cc1ccn(Cc2ccc(F)c(F)c2)c(=O)c1. The maximum absolute atomic E-state index is 13.0. The number of nitrogens with zero attached hydrogens (tertiary/aromatic N) is 1. The van der Waals surface area contributed by atoms with Crippen LogP contribution in [0, 0.1) is 18.6 Å². The number of hydrogen-bond acceptors (Lipinski definition) is 1. The lowest BCUT2D eigenvalue weighted by Crippen LogP contribution is -2.19. The highest BCUT2D eigenvalue weighted by atomic mass is 19.2. The zero-order valence-corrected chi connectivity index (χ0v) is 9.28. The van der Waals surface area contributed by atoms with Crippen LogP contribution >= 0.6 is 0 Å². The molecule has 2 nitrogen and oxygen atoms in total. The maximum atomic E-state index is 13.0. The van der Waals surface area contributed by atoms with Gasteiger partial charge in [-0.15, -0.1) is 0 Å². The van der Waals surface area contributed by atoms with Crippen molar-refractivity contribution in [3.05, 3.63) is 69.6 Å². The predicted molar refractivity (Wildman–Crippen MR) is 60.9 cm³/mol. The van der Waals surface area contributed by atoms with Crippen LogP contribution in [0.15, 0.2) is 41.3 Å². The molecule has 1 aromatic carbocycles. The van der Waals surface area contributed by atoms with Gasteiger partial charge >= 0.3 is 0 Å². The van der Waals surface area contributed by atoms with Crippen LogP contribution < -0.4 is 5.56 Å². The largest absolute Gasteiger partial charge is 0.311 e. The smallest absolute Gasteiger partial charge is 0.251 e. The summed E-state index contributed by atoms with van der Waals surface area (Å²) in [5.41, 5.74) is 1.26. The third-order valence-corrected chi connectivity index (χ3v) is 2.49.